The van der Waals surface area contributed by atoms with E-state index in [4.69, 9.17) is 4.74 Å². The molecule has 2 atom stereocenters. The molecule has 0 spiro atoms. The summed E-state index contributed by atoms with van der Waals surface area (Å²) in [5.41, 5.74) is -1.18. The number of nitrogens with zero attached hydrogens (tertiary/aromatic N) is 5. The first-order valence-electron chi connectivity index (χ1n) is 11.5. The molecule has 0 radical (unpaired) electrons. The normalized spacial score (nSPS) is 21.4. The van der Waals surface area contributed by atoms with Crippen molar-refractivity contribution in [3.63, 3.8) is 0 Å². The molecule has 1 aliphatic carbocycles. The molecule has 1 aliphatic heterocycles. The lowest BCUT2D eigenvalue weighted by molar-refractivity contribution is -0.431. The number of ether oxygens (including phenoxy) is 1. The number of allylic oxidation sites excluding steroid dienone is 2. The Balaban J connectivity index is 1.83. The van der Waals surface area contributed by atoms with Gasteiger partial charge in [-0.2, -0.15) is 10.5 Å². The molecule has 1 heterocycles. The topological polar surface area (TPSA) is 158 Å². The molecular formula is C25H24N6O5. The van der Waals surface area contributed by atoms with E-state index >= 15 is 0 Å². The van der Waals surface area contributed by atoms with Gasteiger partial charge in [0.2, 0.25) is 0 Å². The molecule has 11 nitrogen and oxygen atoms in total. The van der Waals surface area contributed by atoms with Crippen molar-refractivity contribution in [1.82, 2.24) is 10.2 Å². The van der Waals surface area contributed by atoms with Gasteiger partial charge in [0.1, 0.15) is 5.92 Å². The molecule has 1 fully saturated rings. The quantitative estimate of drug-likeness (QED) is 0.435. The lowest BCUT2D eigenvalue weighted by atomic mass is 9.67. The zero-order valence-electron chi connectivity index (χ0n) is 19.4. The maximum absolute atomic E-state index is 12.5. The molecule has 2 aromatic rings. The van der Waals surface area contributed by atoms with Crippen LogP contribution in [-0.4, -0.2) is 54.1 Å². The number of nitrogens with one attached hydrogen (secondary N) is 1. The number of hydrogen-bond acceptors (Lipinski definition) is 9. The first-order valence-corrected chi connectivity index (χ1v) is 11.5. The van der Waals surface area contributed by atoms with Gasteiger partial charge in [0.15, 0.2) is 5.41 Å². The van der Waals surface area contributed by atoms with E-state index < -0.39 is 27.1 Å². The van der Waals surface area contributed by atoms with E-state index in [1.165, 1.54) is 24.3 Å². The Kier molecular flexibility index (Phi) is 7.25. The summed E-state index contributed by atoms with van der Waals surface area (Å²) in [6.45, 7) is 3.63. The van der Waals surface area contributed by atoms with Gasteiger partial charge in [-0.15, -0.1) is 0 Å². The number of nitro groups is 2. The summed E-state index contributed by atoms with van der Waals surface area (Å²) in [6, 6.07) is 18.2. The van der Waals surface area contributed by atoms with Crippen LogP contribution in [-0.2, 0) is 4.74 Å². The van der Waals surface area contributed by atoms with Gasteiger partial charge in [0.05, 0.1) is 46.8 Å². The monoisotopic (exact) mass is 488 g/mol. The predicted octanol–water partition coefficient (Wildman–Crippen LogP) is 2.92. The van der Waals surface area contributed by atoms with Crippen molar-refractivity contribution in [2.45, 2.75) is 11.8 Å². The molecule has 0 bridgehead atoms. The number of nitro benzene ring substituents is 1. The molecular weight excluding hydrogens is 464 g/mol. The molecule has 0 saturated carbocycles. The summed E-state index contributed by atoms with van der Waals surface area (Å²) in [6.07, 6.45) is 0. The van der Waals surface area contributed by atoms with Gasteiger partial charge >= 0.3 is 0 Å². The van der Waals surface area contributed by atoms with Crippen molar-refractivity contribution in [3.8, 4) is 12.1 Å². The molecule has 0 aromatic heterocycles. The second-order valence-corrected chi connectivity index (χ2v) is 8.65. The van der Waals surface area contributed by atoms with E-state index in [9.17, 15) is 30.8 Å². The van der Waals surface area contributed by atoms with Crippen molar-refractivity contribution in [3.05, 3.63) is 97.3 Å². The average Bonchev–Trinajstić information content (AvgIpc) is 3.20. The van der Waals surface area contributed by atoms with E-state index in [0.717, 1.165) is 13.1 Å². The van der Waals surface area contributed by atoms with Crippen LogP contribution in [0.3, 0.4) is 0 Å². The number of non-ortho nitro benzene ring substituents is 1. The van der Waals surface area contributed by atoms with Gasteiger partial charge in [-0.25, -0.2) is 0 Å². The number of benzene rings is 2. The van der Waals surface area contributed by atoms with E-state index in [1.807, 2.05) is 0 Å². The number of hydrogen-bond donors (Lipinski definition) is 1. The minimum atomic E-state index is -1.85. The molecule has 2 aliphatic rings. The molecule has 0 unspecified atom stereocenters. The standard InChI is InChI=1S/C25H24N6O5/c26-16-25(17-27)21(19-6-8-20(9-7-19)30(32)33)23(28-10-11-29-12-14-36-15-13-29)24(31(34)35)22(25)18-4-2-1-3-5-18/h1-9,21-22,28H,10-15H2/t21-,22-/m0/s1. The SMILES string of the molecule is N#CC1(C#N)[C@@H](c2ccc([N+](=O)[O-])cc2)C(NCCN2CCOCC2)=C([N+](=O)[O-])[C@@H]1c1ccccc1. The first-order chi connectivity index (χ1) is 17.4. The Hall–Kier alpha value is -4.32. The van der Waals surface area contributed by atoms with E-state index in [1.54, 1.807) is 30.3 Å². The second-order valence-electron chi connectivity index (χ2n) is 8.65. The molecule has 0 amide bonds. The minimum Gasteiger partial charge on any atom is -0.381 e. The molecule has 11 heteroatoms. The lowest BCUT2D eigenvalue weighted by Gasteiger charge is -2.29. The van der Waals surface area contributed by atoms with Crippen LogP contribution in [0.5, 0.6) is 0 Å². The Morgan fingerprint density at radius 1 is 0.944 bits per heavy atom. The van der Waals surface area contributed by atoms with Gasteiger partial charge in [-0.3, -0.25) is 25.1 Å². The van der Waals surface area contributed by atoms with E-state index in [0.29, 0.717) is 37.4 Å². The zero-order valence-corrected chi connectivity index (χ0v) is 19.4. The van der Waals surface area contributed by atoms with Gasteiger partial charge in [-0.05, 0) is 11.1 Å². The van der Waals surface area contributed by atoms with Gasteiger partial charge in [-0.1, -0.05) is 42.5 Å². The molecule has 184 valence electrons. The zero-order chi connectivity index (χ0) is 25.7. The van der Waals surface area contributed by atoms with Crippen molar-refractivity contribution in [1.29, 1.82) is 10.5 Å². The number of morpholine rings is 1. The fraction of sp³-hybridized carbons (Fsp3) is 0.360. The van der Waals surface area contributed by atoms with E-state index in [2.05, 4.69) is 22.4 Å². The average molecular weight is 489 g/mol. The van der Waals surface area contributed by atoms with Crippen molar-refractivity contribution < 1.29 is 14.6 Å². The van der Waals surface area contributed by atoms with Crippen LogP contribution < -0.4 is 5.32 Å². The van der Waals surface area contributed by atoms with Crippen LogP contribution in [0.4, 0.5) is 5.69 Å². The molecule has 2 aromatic carbocycles. The van der Waals surface area contributed by atoms with E-state index in [-0.39, 0.29) is 17.1 Å². The van der Waals surface area contributed by atoms with Crippen LogP contribution in [0, 0.1) is 48.3 Å². The number of nitriles is 2. The van der Waals surface area contributed by atoms with Crippen LogP contribution in [0.25, 0.3) is 0 Å². The van der Waals surface area contributed by atoms with Crippen molar-refractivity contribution in [2.24, 2.45) is 5.41 Å². The highest BCUT2D eigenvalue weighted by atomic mass is 16.6. The Bertz CT molecular complexity index is 1230. The smallest absolute Gasteiger partial charge is 0.275 e. The summed E-state index contributed by atoms with van der Waals surface area (Å²) in [5, 5.41) is 47.6. The summed E-state index contributed by atoms with van der Waals surface area (Å²) in [7, 11) is 0. The third-order valence-corrected chi connectivity index (χ3v) is 6.73. The lowest BCUT2D eigenvalue weighted by Crippen LogP contribution is -2.40. The molecule has 1 N–H and O–H groups in total. The van der Waals surface area contributed by atoms with Crippen LogP contribution in [0.1, 0.15) is 23.0 Å². The molecule has 4 rings (SSSR count). The highest BCUT2D eigenvalue weighted by Crippen LogP contribution is 2.59. The predicted molar refractivity (Wildman–Crippen MR) is 128 cm³/mol. The Morgan fingerprint density at radius 2 is 1.56 bits per heavy atom. The molecule has 36 heavy (non-hydrogen) atoms. The van der Waals surface area contributed by atoms with Crippen molar-refractivity contribution >= 4 is 5.69 Å². The summed E-state index contributed by atoms with van der Waals surface area (Å²) >= 11 is 0. The maximum Gasteiger partial charge on any atom is 0.275 e. The first kappa shape index (κ1) is 24.8. The molecule has 1 saturated heterocycles. The van der Waals surface area contributed by atoms with Gasteiger partial charge in [0, 0.05) is 38.3 Å². The van der Waals surface area contributed by atoms with Crippen LogP contribution in [0.15, 0.2) is 66.0 Å². The minimum absolute atomic E-state index is 0.156. The third-order valence-electron chi connectivity index (χ3n) is 6.73. The highest BCUT2D eigenvalue weighted by molar-refractivity contribution is 5.53. The van der Waals surface area contributed by atoms with Crippen LogP contribution >= 0.6 is 0 Å². The van der Waals surface area contributed by atoms with Crippen molar-refractivity contribution in [2.75, 3.05) is 39.4 Å². The maximum atomic E-state index is 12.5. The second kappa shape index (κ2) is 10.5. The fourth-order valence-electron chi connectivity index (χ4n) is 5.05. The fourth-order valence-corrected chi connectivity index (χ4v) is 5.05. The summed E-state index contributed by atoms with van der Waals surface area (Å²) < 4.78 is 5.37. The third kappa shape index (κ3) is 4.50. The Morgan fingerprint density at radius 3 is 2.11 bits per heavy atom. The largest absolute Gasteiger partial charge is 0.381 e. The highest BCUT2D eigenvalue weighted by Gasteiger charge is 2.62. The number of rotatable bonds is 8. The summed E-state index contributed by atoms with van der Waals surface area (Å²) in [4.78, 5) is 24.7. The van der Waals surface area contributed by atoms with Gasteiger partial charge < -0.3 is 10.1 Å². The van der Waals surface area contributed by atoms with Crippen LogP contribution in [0.2, 0.25) is 0 Å². The Labute approximate surface area is 207 Å². The van der Waals surface area contributed by atoms with Gasteiger partial charge in [0.25, 0.3) is 11.4 Å². The summed E-state index contributed by atoms with van der Waals surface area (Å²) in [5.74, 6) is -2.14.